The molecule has 5 nitrogen and oxygen atoms in total. The van der Waals surface area contributed by atoms with Crippen molar-refractivity contribution in [1.29, 1.82) is 0 Å². The lowest BCUT2D eigenvalue weighted by Crippen LogP contribution is -2.36. The highest BCUT2D eigenvalue weighted by Gasteiger charge is 2.51. The summed E-state index contributed by atoms with van der Waals surface area (Å²) in [4.78, 5) is 11.4. The molecule has 1 N–H and O–H groups in total. The summed E-state index contributed by atoms with van der Waals surface area (Å²) in [7, 11) is 0. The third kappa shape index (κ3) is 8.18. The highest BCUT2D eigenvalue weighted by Crippen LogP contribution is 2.50. The van der Waals surface area contributed by atoms with Gasteiger partial charge in [0, 0.05) is 18.8 Å². The average Bonchev–Trinajstić information content (AvgIpc) is 3.31. The van der Waals surface area contributed by atoms with E-state index in [0.29, 0.717) is 38.1 Å². The molecule has 1 aliphatic heterocycles. The Hall–Kier alpha value is -0.650. The molecule has 29 heavy (non-hydrogen) atoms. The van der Waals surface area contributed by atoms with E-state index >= 15 is 0 Å². The van der Waals surface area contributed by atoms with Gasteiger partial charge >= 0.3 is 5.97 Å². The van der Waals surface area contributed by atoms with Crippen LogP contribution in [-0.2, 0) is 19.0 Å². The number of carbonyl (C=O) groups excluding carboxylic acids is 1. The molecule has 1 saturated heterocycles. The van der Waals surface area contributed by atoms with Gasteiger partial charge in [0.1, 0.15) is 0 Å². The minimum Gasteiger partial charge on any atom is -0.466 e. The van der Waals surface area contributed by atoms with Gasteiger partial charge in [0.25, 0.3) is 0 Å². The summed E-state index contributed by atoms with van der Waals surface area (Å²) in [6.45, 7) is 5.94. The van der Waals surface area contributed by atoms with Gasteiger partial charge in [-0.1, -0.05) is 45.4 Å². The fourth-order valence-corrected chi connectivity index (χ4v) is 5.16. The number of hydrogen-bond donors (Lipinski definition) is 1. The Labute approximate surface area is 177 Å². The molecule has 1 aliphatic carbocycles. The van der Waals surface area contributed by atoms with E-state index in [4.69, 9.17) is 14.2 Å². The molecule has 2 rings (SSSR count). The Morgan fingerprint density at radius 2 is 1.79 bits per heavy atom. The molecule has 0 radical (unpaired) electrons. The normalized spacial score (nSPS) is 24.2. The van der Waals surface area contributed by atoms with Crippen molar-refractivity contribution in [3.8, 4) is 0 Å². The third-order valence-corrected chi connectivity index (χ3v) is 6.74. The SMILES string of the molecule is CCCCC[C@@H](O)CC[C@H]1CCC2(OCCO2)[C@@H]1CCCCCCC(=O)OCC. The van der Waals surface area contributed by atoms with Gasteiger partial charge in [-0.05, 0) is 51.4 Å². The molecular weight excluding hydrogens is 368 g/mol. The molecule has 1 heterocycles. The predicted molar refractivity (Wildman–Crippen MR) is 115 cm³/mol. The quantitative estimate of drug-likeness (QED) is 0.289. The van der Waals surface area contributed by atoms with Crippen LogP contribution in [0.2, 0.25) is 0 Å². The predicted octanol–water partition coefficient (Wildman–Crippen LogP) is 5.38. The van der Waals surface area contributed by atoms with E-state index in [9.17, 15) is 9.90 Å². The topological polar surface area (TPSA) is 65.0 Å². The molecule has 0 unspecified atom stereocenters. The Kier molecular flexibility index (Phi) is 11.6. The Bertz CT molecular complexity index is 447. The van der Waals surface area contributed by atoms with Crippen LogP contribution in [0.1, 0.15) is 104 Å². The maximum atomic E-state index is 11.4. The number of aliphatic hydroxyl groups excluding tert-OH is 1. The van der Waals surface area contributed by atoms with E-state index in [1.807, 2.05) is 6.92 Å². The Balaban J connectivity index is 1.72. The van der Waals surface area contributed by atoms with Crippen LogP contribution in [0.3, 0.4) is 0 Å². The molecule has 0 bridgehead atoms. The van der Waals surface area contributed by atoms with Crippen LogP contribution < -0.4 is 0 Å². The van der Waals surface area contributed by atoms with Crippen molar-refractivity contribution >= 4 is 5.97 Å². The molecule has 0 aromatic rings. The fraction of sp³-hybridized carbons (Fsp3) is 0.958. The second kappa shape index (κ2) is 13.6. The highest BCUT2D eigenvalue weighted by atomic mass is 16.7. The zero-order valence-corrected chi connectivity index (χ0v) is 18.8. The number of unbranched alkanes of at least 4 members (excludes halogenated alkanes) is 5. The van der Waals surface area contributed by atoms with Crippen molar-refractivity contribution in [3.05, 3.63) is 0 Å². The molecule has 170 valence electrons. The molecule has 1 spiro atoms. The van der Waals surface area contributed by atoms with Crippen molar-refractivity contribution in [2.45, 2.75) is 116 Å². The molecule has 2 fully saturated rings. The number of hydrogen-bond acceptors (Lipinski definition) is 5. The molecule has 2 aliphatic rings. The van der Waals surface area contributed by atoms with Crippen LogP contribution in [0.4, 0.5) is 0 Å². The van der Waals surface area contributed by atoms with Crippen LogP contribution in [0.15, 0.2) is 0 Å². The highest BCUT2D eigenvalue weighted by molar-refractivity contribution is 5.69. The number of aliphatic hydroxyl groups is 1. The first-order valence-corrected chi connectivity index (χ1v) is 12.2. The summed E-state index contributed by atoms with van der Waals surface area (Å²) >= 11 is 0. The maximum Gasteiger partial charge on any atom is 0.305 e. The molecule has 3 atom stereocenters. The van der Waals surface area contributed by atoms with E-state index in [1.54, 1.807) is 0 Å². The molecule has 0 aromatic heterocycles. The smallest absolute Gasteiger partial charge is 0.305 e. The van der Waals surface area contributed by atoms with E-state index < -0.39 is 0 Å². The van der Waals surface area contributed by atoms with E-state index in [-0.39, 0.29) is 17.9 Å². The summed E-state index contributed by atoms with van der Waals surface area (Å²) < 4.78 is 17.2. The summed E-state index contributed by atoms with van der Waals surface area (Å²) in [5.74, 6) is 0.599. The summed E-state index contributed by atoms with van der Waals surface area (Å²) in [5.41, 5.74) is 0. The van der Waals surface area contributed by atoms with Crippen LogP contribution in [0.5, 0.6) is 0 Å². The van der Waals surface area contributed by atoms with Gasteiger partial charge in [0.05, 0.1) is 25.9 Å². The minimum atomic E-state index is -0.358. The Morgan fingerprint density at radius 3 is 2.52 bits per heavy atom. The molecule has 0 amide bonds. The van der Waals surface area contributed by atoms with Gasteiger partial charge in [-0.15, -0.1) is 0 Å². The zero-order chi connectivity index (χ0) is 21.0. The second-order valence-electron chi connectivity index (χ2n) is 8.90. The van der Waals surface area contributed by atoms with Gasteiger partial charge in [-0.3, -0.25) is 4.79 Å². The number of rotatable bonds is 15. The van der Waals surface area contributed by atoms with E-state index in [2.05, 4.69) is 6.92 Å². The van der Waals surface area contributed by atoms with Crippen molar-refractivity contribution in [1.82, 2.24) is 0 Å². The largest absolute Gasteiger partial charge is 0.466 e. The van der Waals surface area contributed by atoms with Crippen molar-refractivity contribution in [2.75, 3.05) is 19.8 Å². The average molecular weight is 413 g/mol. The number of ether oxygens (including phenoxy) is 3. The molecular formula is C24H44O5. The lowest BCUT2D eigenvalue weighted by molar-refractivity contribution is -0.188. The Morgan fingerprint density at radius 1 is 1.03 bits per heavy atom. The second-order valence-corrected chi connectivity index (χ2v) is 8.90. The molecule has 0 aromatic carbocycles. The first-order valence-electron chi connectivity index (χ1n) is 12.2. The summed E-state index contributed by atoms with van der Waals surface area (Å²) in [6.07, 6.45) is 14.4. The summed E-state index contributed by atoms with van der Waals surface area (Å²) in [5, 5.41) is 10.3. The van der Waals surface area contributed by atoms with Gasteiger partial charge in [-0.2, -0.15) is 0 Å². The van der Waals surface area contributed by atoms with Crippen LogP contribution in [0.25, 0.3) is 0 Å². The lowest BCUT2D eigenvalue weighted by atomic mass is 9.84. The van der Waals surface area contributed by atoms with E-state index in [0.717, 1.165) is 70.6 Å². The van der Waals surface area contributed by atoms with Crippen LogP contribution >= 0.6 is 0 Å². The van der Waals surface area contributed by atoms with Gasteiger partial charge in [0.15, 0.2) is 5.79 Å². The van der Waals surface area contributed by atoms with E-state index in [1.165, 1.54) is 12.8 Å². The first kappa shape index (κ1) is 24.6. The third-order valence-electron chi connectivity index (χ3n) is 6.74. The van der Waals surface area contributed by atoms with Crippen LogP contribution in [0, 0.1) is 11.8 Å². The monoisotopic (exact) mass is 412 g/mol. The van der Waals surface area contributed by atoms with Gasteiger partial charge in [-0.25, -0.2) is 0 Å². The summed E-state index contributed by atoms with van der Waals surface area (Å²) in [6, 6.07) is 0. The first-order chi connectivity index (χ1) is 14.1. The van der Waals surface area contributed by atoms with Crippen molar-refractivity contribution in [3.63, 3.8) is 0 Å². The van der Waals surface area contributed by atoms with Crippen molar-refractivity contribution < 1.29 is 24.1 Å². The lowest BCUT2D eigenvalue weighted by Gasteiger charge is -2.32. The minimum absolute atomic E-state index is 0.0763. The number of esters is 1. The van der Waals surface area contributed by atoms with Gasteiger partial charge < -0.3 is 19.3 Å². The van der Waals surface area contributed by atoms with Gasteiger partial charge in [0.2, 0.25) is 0 Å². The maximum absolute atomic E-state index is 11.4. The zero-order valence-electron chi connectivity index (χ0n) is 18.8. The number of carbonyl (C=O) groups is 1. The standard InChI is InChI=1S/C24H44O5/c1-3-5-8-11-21(25)15-14-20-16-17-24(28-18-19-29-24)22(20)12-9-6-7-10-13-23(26)27-4-2/h20-22,25H,3-19H2,1-2H3/t20-,21+,22+/m0/s1. The molecule has 1 saturated carbocycles. The van der Waals surface area contributed by atoms with Crippen LogP contribution in [-0.4, -0.2) is 42.8 Å². The van der Waals surface area contributed by atoms with Crippen molar-refractivity contribution in [2.24, 2.45) is 11.8 Å². The fourth-order valence-electron chi connectivity index (χ4n) is 5.16. The molecule has 5 heteroatoms.